The molecule has 8 unspecified atom stereocenters. The Kier molecular flexibility index (Phi) is 9.57. The summed E-state index contributed by atoms with van der Waals surface area (Å²) in [6.07, 6.45) is -14.1. The van der Waals surface area contributed by atoms with E-state index in [4.69, 9.17) is 33.2 Å². The van der Waals surface area contributed by atoms with E-state index < -0.39 is 115 Å². The number of aliphatic hydroxyl groups excluding tert-OH is 4. The van der Waals surface area contributed by atoms with Crippen molar-refractivity contribution in [1.29, 1.82) is 0 Å². The second kappa shape index (κ2) is 13.3. The van der Waals surface area contributed by atoms with Gasteiger partial charge in [-0.2, -0.15) is 0 Å². The van der Waals surface area contributed by atoms with E-state index in [2.05, 4.69) is 0 Å². The number of ether oxygens (including phenoxy) is 5. The number of benzene rings is 2. The molecular formula is C29H30O18. The number of hydrogen-bond acceptors (Lipinski definition) is 17. The first-order valence-corrected chi connectivity index (χ1v) is 13.9. The molecule has 2 saturated heterocycles. The molecule has 9 N–H and O–H groups in total. The molecule has 2 aliphatic rings. The van der Waals surface area contributed by atoms with E-state index in [-0.39, 0.29) is 22.7 Å². The second-order valence-corrected chi connectivity index (χ2v) is 10.9. The number of aliphatic hydroxyl groups is 5. The summed E-state index contributed by atoms with van der Waals surface area (Å²) in [5.74, 6) is -5.06. The molecule has 2 aliphatic heterocycles. The number of phenols is 3. The Balaban J connectivity index is 1.54. The highest BCUT2D eigenvalue weighted by Crippen LogP contribution is 2.38. The van der Waals surface area contributed by atoms with Crippen molar-refractivity contribution in [2.45, 2.75) is 55.1 Å². The zero-order valence-corrected chi connectivity index (χ0v) is 24.0. The van der Waals surface area contributed by atoms with Crippen LogP contribution in [-0.4, -0.2) is 126 Å². The first-order valence-electron chi connectivity index (χ1n) is 13.9. The summed E-state index contributed by atoms with van der Waals surface area (Å²) in [6, 6.07) is 7.05. The van der Waals surface area contributed by atoms with Crippen LogP contribution < -0.4 is 10.2 Å². The van der Waals surface area contributed by atoms with E-state index in [1.54, 1.807) is 0 Å². The van der Waals surface area contributed by atoms with Crippen molar-refractivity contribution in [3.05, 3.63) is 46.6 Å². The lowest BCUT2D eigenvalue weighted by Crippen LogP contribution is -2.62. The van der Waals surface area contributed by atoms with Crippen LogP contribution in [0.2, 0.25) is 0 Å². The second-order valence-electron chi connectivity index (χ2n) is 10.9. The van der Waals surface area contributed by atoms with Gasteiger partial charge in [-0.05, 0) is 24.3 Å². The van der Waals surface area contributed by atoms with Gasteiger partial charge in [0.05, 0.1) is 13.2 Å². The molecule has 47 heavy (non-hydrogen) atoms. The molecule has 0 saturated carbocycles. The molecule has 0 aliphatic carbocycles. The summed E-state index contributed by atoms with van der Waals surface area (Å²) >= 11 is 0. The zero-order valence-electron chi connectivity index (χ0n) is 24.0. The highest BCUT2D eigenvalue weighted by molar-refractivity contribution is 5.90. The molecule has 8 atom stereocenters. The first kappa shape index (κ1) is 33.8. The fourth-order valence-corrected chi connectivity index (χ4v) is 5.01. The zero-order chi connectivity index (χ0) is 34.2. The topological polar surface area (TPSA) is 293 Å². The summed E-state index contributed by atoms with van der Waals surface area (Å²) in [4.78, 5) is 36.6. The van der Waals surface area contributed by atoms with Crippen LogP contribution in [0.5, 0.6) is 23.0 Å². The summed E-state index contributed by atoms with van der Waals surface area (Å²) in [6.45, 7) is -2.37. The highest BCUT2D eigenvalue weighted by atomic mass is 16.7. The predicted octanol–water partition coefficient (Wildman–Crippen LogP) is -1.75. The van der Waals surface area contributed by atoms with Crippen LogP contribution in [0.25, 0.3) is 22.3 Å². The molecule has 2 aromatic carbocycles. The highest BCUT2D eigenvalue weighted by Gasteiger charge is 2.54. The summed E-state index contributed by atoms with van der Waals surface area (Å²) in [5, 5.41) is 91.2. The van der Waals surface area contributed by atoms with Crippen LogP contribution in [0.15, 0.2) is 45.6 Å². The van der Waals surface area contributed by atoms with Crippen LogP contribution in [0, 0.1) is 0 Å². The minimum atomic E-state index is -2.16. The molecule has 0 spiro atoms. The minimum absolute atomic E-state index is 0.127. The minimum Gasteiger partial charge on any atom is -0.508 e. The average molecular weight is 667 g/mol. The maximum Gasteiger partial charge on any atom is 0.317 e. The molecular weight excluding hydrogens is 636 g/mol. The quantitative estimate of drug-likeness (QED) is 0.0856. The molecule has 5 rings (SSSR count). The summed E-state index contributed by atoms with van der Waals surface area (Å²) < 4.78 is 32.9. The smallest absolute Gasteiger partial charge is 0.317 e. The van der Waals surface area contributed by atoms with Crippen molar-refractivity contribution in [3.8, 4) is 34.3 Å². The fourth-order valence-electron chi connectivity index (χ4n) is 5.01. The maximum absolute atomic E-state index is 13.8. The molecule has 2 fully saturated rings. The number of carboxylic acid groups (broad SMARTS) is 1. The van der Waals surface area contributed by atoms with Gasteiger partial charge in [-0.3, -0.25) is 14.4 Å². The Hall–Kier alpha value is -4.53. The van der Waals surface area contributed by atoms with E-state index in [0.29, 0.717) is 0 Å². The van der Waals surface area contributed by atoms with Gasteiger partial charge in [0.2, 0.25) is 17.5 Å². The number of hydrogen-bond donors (Lipinski definition) is 9. The van der Waals surface area contributed by atoms with Gasteiger partial charge < -0.3 is 74.1 Å². The van der Waals surface area contributed by atoms with Crippen molar-refractivity contribution in [2.24, 2.45) is 0 Å². The molecule has 254 valence electrons. The molecule has 0 amide bonds. The third-order valence-electron chi connectivity index (χ3n) is 7.50. The number of esters is 1. The number of aliphatic carboxylic acids is 1. The maximum atomic E-state index is 13.8. The monoisotopic (exact) mass is 666 g/mol. The van der Waals surface area contributed by atoms with Gasteiger partial charge in [-0.1, -0.05) is 0 Å². The van der Waals surface area contributed by atoms with E-state index in [9.17, 15) is 55.2 Å². The van der Waals surface area contributed by atoms with E-state index in [1.807, 2.05) is 0 Å². The van der Waals surface area contributed by atoms with Gasteiger partial charge in [0.1, 0.15) is 77.4 Å². The van der Waals surface area contributed by atoms with Gasteiger partial charge in [0.25, 0.3) is 0 Å². The summed E-state index contributed by atoms with van der Waals surface area (Å²) in [7, 11) is 0. The van der Waals surface area contributed by atoms with Gasteiger partial charge in [0, 0.05) is 17.7 Å². The Morgan fingerprint density at radius 2 is 1.68 bits per heavy atom. The molecule has 18 nitrogen and oxygen atoms in total. The van der Waals surface area contributed by atoms with E-state index in [0.717, 1.165) is 12.1 Å². The molecule has 3 heterocycles. The Morgan fingerprint density at radius 1 is 0.979 bits per heavy atom. The molecule has 1 aromatic heterocycles. The number of carbonyl (C=O) groups is 2. The van der Waals surface area contributed by atoms with Crippen LogP contribution in [0.4, 0.5) is 0 Å². The largest absolute Gasteiger partial charge is 0.508 e. The lowest BCUT2D eigenvalue weighted by atomic mass is 9.97. The van der Waals surface area contributed by atoms with E-state index >= 15 is 0 Å². The average Bonchev–Trinajstić information content (AvgIpc) is 3.29. The van der Waals surface area contributed by atoms with Crippen molar-refractivity contribution in [1.82, 2.24) is 0 Å². The SMILES string of the molecule is O=C(O)CC(=O)OCC1OC(Oc2c(-c3ccc(O)cc3)oc3cc(O)cc(O)c3c2=O)C(O)C(OC2OCC(O)(CO)C2O)C1O. The van der Waals surface area contributed by atoms with Crippen LogP contribution in [0.1, 0.15) is 6.42 Å². The number of carbonyl (C=O) groups excluding carboxylic acids is 1. The third-order valence-corrected chi connectivity index (χ3v) is 7.50. The molecule has 3 aromatic rings. The third kappa shape index (κ3) is 6.80. The fraction of sp³-hybridized carbons (Fsp3) is 0.414. The van der Waals surface area contributed by atoms with Crippen molar-refractivity contribution in [2.75, 3.05) is 19.8 Å². The van der Waals surface area contributed by atoms with Crippen LogP contribution in [0.3, 0.4) is 0 Å². The number of aromatic hydroxyl groups is 3. The standard InChI is InChI=1S/C29H30O18/c30-9-29(41)10-43-28(26(29)40)46-24-20(37)16(8-42-18(36)7-17(34)35)45-27(22(24)39)47-25-21(38)19-14(33)5-13(32)6-15(19)44-23(25)11-1-3-12(31)4-2-11/h1-6,16,20,22,24,26-28,30-33,37,39-41H,7-10H2,(H,34,35). The Morgan fingerprint density at radius 3 is 2.32 bits per heavy atom. The number of carboxylic acids is 1. The normalized spacial score (nSPS) is 29.1. The first-order chi connectivity index (χ1) is 22.2. The number of phenolic OH excluding ortho intramolecular Hbond substituents is 3. The molecule has 0 bridgehead atoms. The van der Waals surface area contributed by atoms with Crippen LogP contribution >= 0.6 is 0 Å². The van der Waals surface area contributed by atoms with Gasteiger partial charge >= 0.3 is 11.9 Å². The van der Waals surface area contributed by atoms with Gasteiger partial charge in [0.15, 0.2) is 12.1 Å². The summed E-state index contributed by atoms with van der Waals surface area (Å²) in [5.41, 5.74) is -3.34. The molecule has 18 heteroatoms. The van der Waals surface area contributed by atoms with Crippen molar-refractivity contribution < 1.29 is 83.6 Å². The Bertz CT molecular complexity index is 1690. The van der Waals surface area contributed by atoms with Crippen LogP contribution in [-0.2, 0) is 28.5 Å². The Labute approximate surface area is 262 Å². The lowest BCUT2D eigenvalue weighted by molar-refractivity contribution is -0.314. The van der Waals surface area contributed by atoms with Crippen molar-refractivity contribution >= 4 is 22.9 Å². The number of fused-ring (bicyclic) bond motifs is 1. The molecule has 0 radical (unpaired) electrons. The van der Waals surface area contributed by atoms with Gasteiger partial charge in [-0.15, -0.1) is 0 Å². The predicted molar refractivity (Wildman–Crippen MR) is 150 cm³/mol. The van der Waals surface area contributed by atoms with Crippen molar-refractivity contribution in [3.63, 3.8) is 0 Å². The van der Waals surface area contributed by atoms with E-state index in [1.165, 1.54) is 24.3 Å². The van der Waals surface area contributed by atoms with Gasteiger partial charge in [-0.25, -0.2) is 0 Å². The lowest BCUT2D eigenvalue weighted by Gasteiger charge is -2.42. The number of rotatable bonds is 10.